The number of ketones is 1. The molecule has 0 radical (unpaired) electrons. The van der Waals surface area contributed by atoms with Crippen LogP contribution in [-0.4, -0.2) is 47.0 Å². The number of aromatic hydroxyl groups is 1. The van der Waals surface area contributed by atoms with Gasteiger partial charge in [0.1, 0.15) is 5.82 Å². The molecule has 2 aromatic heterocycles. The molecule has 1 aliphatic heterocycles. The normalized spacial score (nSPS) is 13.7. The Morgan fingerprint density at radius 1 is 1.03 bits per heavy atom. The largest absolute Gasteiger partial charge is 0.505 e. The summed E-state index contributed by atoms with van der Waals surface area (Å²) >= 11 is 12.3. The van der Waals surface area contributed by atoms with E-state index in [1.807, 2.05) is 37.3 Å². The van der Waals surface area contributed by atoms with Crippen LogP contribution in [0.2, 0.25) is 10.0 Å². The predicted octanol–water partition coefficient (Wildman–Crippen LogP) is 6.06. The highest BCUT2D eigenvalue weighted by Crippen LogP contribution is 2.38. The number of carbonyl (C=O) groups is 1. The fourth-order valence-electron chi connectivity index (χ4n) is 4.33. The van der Waals surface area contributed by atoms with E-state index in [1.165, 1.54) is 0 Å². The Hall–Kier alpha value is -3.39. The minimum absolute atomic E-state index is 0.0154. The number of phenols is 1. The van der Waals surface area contributed by atoms with Crippen LogP contribution in [0.25, 0.3) is 22.0 Å². The second-order valence-electron chi connectivity index (χ2n) is 8.61. The van der Waals surface area contributed by atoms with Gasteiger partial charge in [0, 0.05) is 44.2 Å². The lowest BCUT2D eigenvalue weighted by Crippen LogP contribution is -2.43. The van der Waals surface area contributed by atoms with Gasteiger partial charge in [-0.3, -0.25) is 9.78 Å². The van der Waals surface area contributed by atoms with Gasteiger partial charge in [0.05, 0.1) is 38.7 Å². The van der Waals surface area contributed by atoms with Crippen LogP contribution in [0.15, 0.2) is 54.9 Å². The highest BCUT2D eigenvalue weighted by atomic mass is 35.5. The zero-order chi connectivity index (χ0) is 25.2. The van der Waals surface area contributed by atoms with Gasteiger partial charge in [0.25, 0.3) is 0 Å². The number of pyridine rings is 2. The molecule has 2 aromatic carbocycles. The highest BCUT2D eigenvalue weighted by Gasteiger charge is 2.17. The number of fused-ring (bicyclic) bond motifs is 1. The van der Waals surface area contributed by atoms with E-state index in [9.17, 15) is 9.90 Å². The summed E-state index contributed by atoms with van der Waals surface area (Å²) in [7, 11) is 0. The predicted molar refractivity (Wildman–Crippen MR) is 146 cm³/mol. The number of hydrogen-bond acceptors (Lipinski definition) is 7. The molecule has 1 fully saturated rings. The molecule has 0 spiro atoms. The molecule has 0 saturated carbocycles. The van der Waals surface area contributed by atoms with Crippen molar-refractivity contribution in [1.82, 2.24) is 15.3 Å². The monoisotopic (exact) mass is 521 g/mol. The molecule has 3 heterocycles. The van der Waals surface area contributed by atoms with Crippen LogP contribution in [0.1, 0.15) is 23.7 Å². The molecule has 0 atom stereocenters. The first-order chi connectivity index (χ1) is 17.4. The minimum atomic E-state index is -0.153. The molecule has 184 valence electrons. The number of halogens is 2. The molecule has 1 aliphatic rings. The molecule has 0 bridgehead atoms. The lowest BCUT2D eigenvalue weighted by Gasteiger charge is -2.28. The summed E-state index contributed by atoms with van der Waals surface area (Å²) < 4.78 is 0. The Morgan fingerprint density at radius 3 is 2.44 bits per heavy atom. The van der Waals surface area contributed by atoms with E-state index >= 15 is 0 Å². The number of hydrogen-bond donors (Lipinski definition) is 3. The van der Waals surface area contributed by atoms with Crippen molar-refractivity contribution in [1.29, 1.82) is 0 Å². The molecule has 0 unspecified atom stereocenters. The average molecular weight is 522 g/mol. The number of Topliss-reactive ketones (excluding diaryl/α,β-unsaturated/α-hetero) is 1. The van der Waals surface area contributed by atoms with Gasteiger partial charge in [-0.2, -0.15) is 0 Å². The number of piperazine rings is 1. The van der Waals surface area contributed by atoms with Gasteiger partial charge >= 0.3 is 0 Å². The third-order valence-electron chi connectivity index (χ3n) is 6.30. The van der Waals surface area contributed by atoms with Gasteiger partial charge in [-0.1, -0.05) is 36.2 Å². The van der Waals surface area contributed by atoms with E-state index in [4.69, 9.17) is 23.2 Å². The maximum Gasteiger partial charge on any atom is 0.166 e. The second kappa shape index (κ2) is 10.3. The fraction of sp³-hybridized carbons (Fsp3) is 0.222. The van der Waals surface area contributed by atoms with Gasteiger partial charge in [-0.05, 0) is 47.5 Å². The van der Waals surface area contributed by atoms with E-state index in [-0.39, 0.29) is 21.6 Å². The molecule has 1 saturated heterocycles. The minimum Gasteiger partial charge on any atom is -0.505 e. The molecular formula is C27H25Cl2N5O2. The molecule has 36 heavy (non-hydrogen) atoms. The molecule has 7 nitrogen and oxygen atoms in total. The van der Waals surface area contributed by atoms with E-state index in [0.717, 1.165) is 59.7 Å². The third kappa shape index (κ3) is 4.82. The van der Waals surface area contributed by atoms with E-state index < -0.39 is 0 Å². The number of nitrogens with one attached hydrogen (secondary N) is 2. The summed E-state index contributed by atoms with van der Waals surface area (Å²) in [6.45, 7) is 5.53. The number of phenolic OH excluding ortho intramolecular Hbond substituents is 1. The first-order valence-electron chi connectivity index (χ1n) is 11.8. The van der Waals surface area contributed by atoms with Crippen LogP contribution >= 0.6 is 23.2 Å². The van der Waals surface area contributed by atoms with Crippen LogP contribution in [-0.2, 0) is 0 Å². The third-order valence-corrected chi connectivity index (χ3v) is 6.87. The number of nitrogens with zero attached hydrogens (tertiary/aromatic N) is 3. The second-order valence-corrected chi connectivity index (χ2v) is 9.43. The number of benzene rings is 2. The van der Waals surface area contributed by atoms with Gasteiger partial charge in [-0.25, -0.2) is 4.98 Å². The van der Waals surface area contributed by atoms with E-state index in [2.05, 4.69) is 25.5 Å². The fourth-order valence-corrected chi connectivity index (χ4v) is 4.81. The van der Waals surface area contributed by atoms with Crippen molar-refractivity contribution in [3.8, 4) is 16.9 Å². The average Bonchev–Trinajstić information content (AvgIpc) is 2.92. The zero-order valence-electron chi connectivity index (χ0n) is 19.7. The summed E-state index contributed by atoms with van der Waals surface area (Å²) in [6.07, 6.45) is 3.76. The Morgan fingerprint density at radius 2 is 1.78 bits per heavy atom. The SMILES string of the molecule is CCC(=O)c1cnc2ccc(-c3cc(Cl)c(O)c(Cl)c3)cc2c1Nc1ccc(N2CCNCC2)nc1. The smallest absolute Gasteiger partial charge is 0.166 e. The van der Waals surface area contributed by atoms with Gasteiger partial charge in [0.2, 0.25) is 0 Å². The van der Waals surface area contributed by atoms with Crippen molar-refractivity contribution < 1.29 is 9.90 Å². The first kappa shape index (κ1) is 24.3. The molecule has 4 aromatic rings. The number of aromatic nitrogens is 2. The quantitative estimate of drug-likeness (QED) is 0.266. The summed E-state index contributed by atoms with van der Waals surface area (Å²) in [4.78, 5) is 24.3. The standard InChI is InChI=1S/C27H25Cl2N5O2/c1-2-24(35)20-15-31-23-5-3-16(17-12-21(28)27(36)22(29)13-17)11-19(23)26(20)33-18-4-6-25(32-14-18)34-9-7-30-8-10-34/h3-6,11-15,30,36H,2,7-10H2,1H3,(H,31,33). The van der Waals surface area contributed by atoms with Gasteiger partial charge in [0.15, 0.2) is 11.5 Å². The maximum atomic E-state index is 12.8. The van der Waals surface area contributed by atoms with Crippen LogP contribution in [0.3, 0.4) is 0 Å². The Balaban J connectivity index is 1.57. The lowest BCUT2D eigenvalue weighted by molar-refractivity contribution is 0.0988. The van der Waals surface area contributed by atoms with Crippen molar-refractivity contribution in [2.75, 3.05) is 36.4 Å². The van der Waals surface area contributed by atoms with Crippen LogP contribution in [0.4, 0.5) is 17.2 Å². The number of carbonyl (C=O) groups excluding carboxylic acids is 1. The number of rotatable bonds is 6. The van der Waals surface area contributed by atoms with Crippen molar-refractivity contribution in [3.05, 3.63) is 70.5 Å². The van der Waals surface area contributed by atoms with Gasteiger partial charge in [-0.15, -0.1) is 0 Å². The van der Waals surface area contributed by atoms with E-state index in [0.29, 0.717) is 17.7 Å². The van der Waals surface area contributed by atoms with E-state index in [1.54, 1.807) is 24.5 Å². The molecule has 3 N–H and O–H groups in total. The van der Waals surface area contributed by atoms with Gasteiger partial charge < -0.3 is 20.6 Å². The topological polar surface area (TPSA) is 90.4 Å². The van der Waals surface area contributed by atoms with Crippen molar-refractivity contribution in [2.45, 2.75) is 13.3 Å². The molecule has 5 rings (SSSR count). The first-order valence-corrected chi connectivity index (χ1v) is 12.5. The lowest BCUT2D eigenvalue weighted by atomic mass is 9.99. The maximum absolute atomic E-state index is 12.8. The summed E-state index contributed by atoms with van der Waals surface area (Å²) in [5.41, 5.74) is 4.24. The molecular weight excluding hydrogens is 497 g/mol. The van der Waals surface area contributed by atoms with Crippen LogP contribution in [0, 0.1) is 0 Å². The molecule has 0 aliphatic carbocycles. The summed E-state index contributed by atoms with van der Waals surface area (Å²) in [5.74, 6) is 0.757. The Kier molecular flexibility index (Phi) is 6.96. The molecule has 9 heteroatoms. The van der Waals surface area contributed by atoms with Crippen LogP contribution < -0.4 is 15.5 Å². The zero-order valence-corrected chi connectivity index (χ0v) is 21.2. The highest BCUT2D eigenvalue weighted by molar-refractivity contribution is 6.37. The Labute approximate surface area is 219 Å². The number of anilines is 3. The van der Waals surface area contributed by atoms with Crippen LogP contribution in [0.5, 0.6) is 5.75 Å². The summed E-state index contributed by atoms with van der Waals surface area (Å²) in [5, 5.41) is 17.8. The van der Waals surface area contributed by atoms with Crippen molar-refractivity contribution >= 4 is 57.1 Å². The molecule has 0 amide bonds. The Bertz CT molecular complexity index is 1410. The van der Waals surface area contributed by atoms with Crippen molar-refractivity contribution in [3.63, 3.8) is 0 Å². The van der Waals surface area contributed by atoms with Crippen molar-refractivity contribution in [2.24, 2.45) is 0 Å². The summed E-state index contributed by atoms with van der Waals surface area (Å²) in [6, 6.07) is 13.0.